The smallest absolute Gasteiger partial charge is 0.359 e. The van der Waals surface area contributed by atoms with E-state index in [1.165, 1.54) is 7.11 Å². The van der Waals surface area contributed by atoms with Gasteiger partial charge in [-0.15, -0.1) is 0 Å². The molecule has 0 aliphatic carbocycles. The third kappa shape index (κ3) is 1.57. The number of ether oxygens (including phenoxy) is 1. The lowest BCUT2D eigenvalue weighted by Crippen LogP contribution is -2.02. The van der Waals surface area contributed by atoms with Gasteiger partial charge in [0.25, 0.3) is 0 Å². The maximum absolute atomic E-state index is 11.3. The number of aromatic amines is 1. The summed E-state index contributed by atoms with van der Waals surface area (Å²) in [5, 5.41) is 16.2. The number of nitrogens with one attached hydrogen (secondary N) is 1. The molecular weight excluding hydrogens is 196 g/mol. The number of hydrogen-bond acceptors (Lipinski definition) is 4. The minimum absolute atomic E-state index is 0.0677. The molecule has 15 heavy (non-hydrogen) atoms. The van der Waals surface area contributed by atoms with Gasteiger partial charge >= 0.3 is 5.97 Å². The van der Waals surface area contributed by atoms with Gasteiger partial charge in [0, 0.05) is 5.39 Å². The molecule has 0 spiro atoms. The SMILES string of the molecule is COC(=O)c1n[nH]c2ccc(CO)cc12. The van der Waals surface area contributed by atoms with E-state index in [9.17, 15) is 4.79 Å². The second-order valence-electron chi connectivity index (χ2n) is 3.10. The Morgan fingerprint density at radius 1 is 1.60 bits per heavy atom. The van der Waals surface area contributed by atoms with Crippen LogP contribution in [0.3, 0.4) is 0 Å². The van der Waals surface area contributed by atoms with E-state index in [2.05, 4.69) is 14.9 Å². The van der Waals surface area contributed by atoms with Crippen LogP contribution in [-0.4, -0.2) is 28.4 Å². The van der Waals surface area contributed by atoms with Gasteiger partial charge in [-0.1, -0.05) is 6.07 Å². The molecule has 0 bridgehead atoms. The number of methoxy groups -OCH3 is 1. The van der Waals surface area contributed by atoms with Gasteiger partial charge < -0.3 is 9.84 Å². The Morgan fingerprint density at radius 2 is 2.40 bits per heavy atom. The lowest BCUT2D eigenvalue weighted by molar-refractivity contribution is 0.0596. The Morgan fingerprint density at radius 3 is 3.07 bits per heavy atom. The number of aliphatic hydroxyl groups excluding tert-OH is 1. The lowest BCUT2D eigenvalue weighted by atomic mass is 10.1. The molecule has 0 amide bonds. The molecule has 0 saturated heterocycles. The first-order chi connectivity index (χ1) is 7.26. The number of rotatable bonds is 2. The van der Waals surface area contributed by atoms with E-state index in [0.717, 1.165) is 11.1 Å². The monoisotopic (exact) mass is 206 g/mol. The van der Waals surface area contributed by atoms with Crippen LogP contribution in [0.15, 0.2) is 18.2 Å². The van der Waals surface area contributed by atoms with Crippen LogP contribution in [0, 0.1) is 0 Å². The molecule has 0 fully saturated rings. The molecule has 5 heteroatoms. The van der Waals surface area contributed by atoms with Crippen LogP contribution < -0.4 is 0 Å². The Hall–Kier alpha value is -1.88. The first kappa shape index (κ1) is 9.67. The molecule has 2 N–H and O–H groups in total. The van der Waals surface area contributed by atoms with Crippen molar-refractivity contribution in [1.82, 2.24) is 10.2 Å². The number of esters is 1. The second kappa shape index (κ2) is 3.70. The summed E-state index contributed by atoms with van der Waals surface area (Å²) in [4.78, 5) is 11.3. The van der Waals surface area contributed by atoms with Crippen molar-refractivity contribution in [1.29, 1.82) is 0 Å². The zero-order chi connectivity index (χ0) is 10.8. The van der Waals surface area contributed by atoms with Crippen molar-refractivity contribution in [3.63, 3.8) is 0 Å². The molecule has 2 aromatic rings. The summed E-state index contributed by atoms with van der Waals surface area (Å²) in [6, 6.07) is 5.24. The minimum Gasteiger partial charge on any atom is -0.464 e. The van der Waals surface area contributed by atoms with Crippen molar-refractivity contribution in [3.05, 3.63) is 29.5 Å². The number of hydrogen-bond donors (Lipinski definition) is 2. The van der Waals surface area contributed by atoms with Crippen molar-refractivity contribution in [2.24, 2.45) is 0 Å². The number of nitrogens with zero attached hydrogens (tertiary/aromatic N) is 1. The predicted molar refractivity (Wildman–Crippen MR) is 53.4 cm³/mol. The summed E-state index contributed by atoms with van der Waals surface area (Å²) >= 11 is 0. The van der Waals surface area contributed by atoms with Crippen LogP contribution in [0.4, 0.5) is 0 Å². The molecule has 0 atom stereocenters. The highest BCUT2D eigenvalue weighted by Crippen LogP contribution is 2.18. The highest BCUT2D eigenvalue weighted by Gasteiger charge is 2.14. The van der Waals surface area contributed by atoms with Gasteiger partial charge in [-0.2, -0.15) is 5.10 Å². The predicted octanol–water partition coefficient (Wildman–Crippen LogP) is 0.842. The Balaban J connectivity index is 2.61. The van der Waals surface area contributed by atoms with E-state index >= 15 is 0 Å². The fourth-order valence-corrected chi connectivity index (χ4v) is 1.41. The maximum Gasteiger partial charge on any atom is 0.359 e. The molecule has 0 aliphatic rings. The summed E-state index contributed by atoms with van der Waals surface area (Å²) in [6.45, 7) is -0.0677. The van der Waals surface area contributed by atoms with Crippen molar-refractivity contribution in [2.75, 3.05) is 7.11 Å². The normalized spacial score (nSPS) is 10.5. The molecule has 1 aromatic carbocycles. The highest BCUT2D eigenvalue weighted by atomic mass is 16.5. The maximum atomic E-state index is 11.3. The van der Waals surface area contributed by atoms with Crippen molar-refractivity contribution in [3.8, 4) is 0 Å². The van der Waals surface area contributed by atoms with Crippen molar-refractivity contribution >= 4 is 16.9 Å². The standard InChI is InChI=1S/C10H10N2O3/c1-15-10(14)9-7-4-6(5-13)2-3-8(7)11-12-9/h2-4,13H,5H2,1H3,(H,11,12). The third-order valence-electron chi connectivity index (χ3n) is 2.19. The first-order valence-corrected chi connectivity index (χ1v) is 4.42. The highest BCUT2D eigenvalue weighted by molar-refractivity contribution is 6.01. The number of carbonyl (C=O) groups is 1. The second-order valence-corrected chi connectivity index (χ2v) is 3.10. The third-order valence-corrected chi connectivity index (χ3v) is 2.19. The van der Waals surface area contributed by atoms with Crippen molar-refractivity contribution < 1.29 is 14.6 Å². The number of H-pyrrole nitrogens is 1. The average Bonchev–Trinajstić information content (AvgIpc) is 2.70. The van der Waals surface area contributed by atoms with Gasteiger partial charge in [0.1, 0.15) is 0 Å². The van der Waals surface area contributed by atoms with Gasteiger partial charge in [-0.25, -0.2) is 4.79 Å². The molecule has 1 heterocycles. The summed E-state index contributed by atoms with van der Waals surface area (Å²) in [7, 11) is 1.30. The fourth-order valence-electron chi connectivity index (χ4n) is 1.41. The van der Waals surface area contributed by atoms with E-state index in [4.69, 9.17) is 5.11 Å². The van der Waals surface area contributed by atoms with E-state index in [1.54, 1.807) is 18.2 Å². The first-order valence-electron chi connectivity index (χ1n) is 4.42. The van der Waals surface area contributed by atoms with Crippen LogP contribution in [-0.2, 0) is 11.3 Å². The molecule has 0 radical (unpaired) electrons. The number of carbonyl (C=O) groups excluding carboxylic acids is 1. The van der Waals surface area contributed by atoms with Crippen LogP contribution in [0.1, 0.15) is 16.1 Å². The molecule has 0 aliphatic heterocycles. The van der Waals surface area contributed by atoms with Gasteiger partial charge in [-0.3, -0.25) is 5.10 Å². The number of fused-ring (bicyclic) bond motifs is 1. The summed E-state index contributed by atoms with van der Waals surface area (Å²) < 4.78 is 4.59. The molecule has 1 aromatic heterocycles. The molecule has 2 rings (SSSR count). The molecule has 5 nitrogen and oxygen atoms in total. The van der Waals surface area contributed by atoms with Gasteiger partial charge in [-0.05, 0) is 17.7 Å². The molecule has 0 unspecified atom stereocenters. The largest absolute Gasteiger partial charge is 0.464 e. The van der Waals surface area contributed by atoms with Gasteiger partial charge in [0.2, 0.25) is 0 Å². The Bertz CT molecular complexity index is 504. The number of aliphatic hydroxyl groups is 1. The summed E-state index contributed by atoms with van der Waals surface area (Å²) in [5.41, 5.74) is 1.71. The van der Waals surface area contributed by atoms with E-state index in [-0.39, 0.29) is 12.3 Å². The molecule has 0 saturated carbocycles. The van der Waals surface area contributed by atoms with Gasteiger partial charge in [0.05, 0.1) is 19.2 Å². The minimum atomic E-state index is -0.490. The lowest BCUT2D eigenvalue weighted by Gasteiger charge is -1.97. The van der Waals surface area contributed by atoms with Crippen LogP contribution in [0.25, 0.3) is 10.9 Å². The van der Waals surface area contributed by atoms with E-state index in [1.807, 2.05) is 0 Å². The fraction of sp³-hybridized carbons (Fsp3) is 0.200. The molecule has 78 valence electrons. The molecular formula is C10H10N2O3. The van der Waals surface area contributed by atoms with E-state index in [0.29, 0.717) is 5.39 Å². The summed E-state index contributed by atoms with van der Waals surface area (Å²) in [5.74, 6) is -0.490. The zero-order valence-corrected chi connectivity index (χ0v) is 8.15. The number of benzene rings is 1. The Labute approximate surface area is 85.7 Å². The van der Waals surface area contributed by atoms with E-state index < -0.39 is 5.97 Å². The summed E-state index contributed by atoms with van der Waals surface area (Å²) in [6.07, 6.45) is 0. The Kier molecular flexibility index (Phi) is 2.39. The van der Waals surface area contributed by atoms with Crippen LogP contribution in [0.2, 0.25) is 0 Å². The van der Waals surface area contributed by atoms with Crippen LogP contribution in [0.5, 0.6) is 0 Å². The topological polar surface area (TPSA) is 75.2 Å². The average molecular weight is 206 g/mol. The zero-order valence-electron chi connectivity index (χ0n) is 8.15. The van der Waals surface area contributed by atoms with Crippen LogP contribution >= 0.6 is 0 Å². The quantitative estimate of drug-likeness (QED) is 0.714. The van der Waals surface area contributed by atoms with Crippen molar-refractivity contribution in [2.45, 2.75) is 6.61 Å². The van der Waals surface area contributed by atoms with Gasteiger partial charge in [0.15, 0.2) is 5.69 Å². The number of aromatic nitrogens is 2.